The van der Waals surface area contributed by atoms with Crippen molar-refractivity contribution < 1.29 is 4.39 Å². The van der Waals surface area contributed by atoms with E-state index in [0.29, 0.717) is 17.5 Å². The molecule has 0 aliphatic heterocycles. The van der Waals surface area contributed by atoms with Crippen LogP contribution in [0.5, 0.6) is 0 Å². The molecule has 3 heteroatoms. The maximum Gasteiger partial charge on any atom is 0.146 e. The summed E-state index contributed by atoms with van der Waals surface area (Å²) < 4.78 is 14.0. The molecule has 1 aromatic heterocycles. The quantitative estimate of drug-likeness (QED) is 0.891. The standard InChI is InChI=1S/C16H25FN2/c1-4-18-15(16-14(17)6-5-9-19-16)13-8-7-11(2)12(3)10-13/h5-6,9,11-13,15,18H,4,7-8,10H2,1-3H3. The predicted octanol–water partition coefficient (Wildman–Crippen LogP) is 3.94. The molecule has 1 N–H and O–H groups in total. The van der Waals surface area contributed by atoms with Crippen LogP contribution in [0.25, 0.3) is 0 Å². The maximum absolute atomic E-state index is 14.0. The third-order valence-electron chi connectivity index (χ3n) is 4.62. The topological polar surface area (TPSA) is 24.9 Å². The summed E-state index contributed by atoms with van der Waals surface area (Å²) in [5.74, 6) is 1.81. The van der Waals surface area contributed by atoms with E-state index < -0.39 is 0 Å². The molecule has 4 unspecified atom stereocenters. The van der Waals surface area contributed by atoms with Gasteiger partial charge in [0.15, 0.2) is 0 Å². The van der Waals surface area contributed by atoms with Crippen LogP contribution in [0, 0.1) is 23.6 Å². The number of hydrogen-bond donors (Lipinski definition) is 1. The van der Waals surface area contributed by atoms with Gasteiger partial charge in [-0.25, -0.2) is 4.39 Å². The van der Waals surface area contributed by atoms with Crippen molar-refractivity contribution in [3.63, 3.8) is 0 Å². The van der Waals surface area contributed by atoms with Crippen molar-refractivity contribution in [2.75, 3.05) is 6.54 Å². The molecule has 1 aliphatic carbocycles. The van der Waals surface area contributed by atoms with Gasteiger partial charge in [-0.05, 0) is 49.3 Å². The molecule has 2 rings (SSSR count). The van der Waals surface area contributed by atoms with E-state index in [1.54, 1.807) is 12.3 Å². The lowest BCUT2D eigenvalue weighted by molar-refractivity contribution is 0.168. The lowest BCUT2D eigenvalue weighted by Gasteiger charge is -2.36. The molecule has 0 radical (unpaired) electrons. The highest BCUT2D eigenvalue weighted by molar-refractivity contribution is 5.13. The van der Waals surface area contributed by atoms with Gasteiger partial charge >= 0.3 is 0 Å². The third-order valence-corrected chi connectivity index (χ3v) is 4.62. The summed E-state index contributed by atoms with van der Waals surface area (Å²) in [5, 5.41) is 3.44. The zero-order valence-electron chi connectivity index (χ0n) is 12.2. The van der Waals surface area contributed by atoms with Crippen LogP contribution >= 0.6 is 0 Å². The van der Waals surface area contributed by atoms with E-state index in [-0.39, 0.29) is 11.9 Å². The lowest BCUT2D eigenvalue weighted by atomic mass is 9.72. The van der Waals surface area contributed by atoms with Gasteiger partial charge in [0.2, 0.25) is 0 Å². The van der Waals surface area contributed by atoms with Gasteiger partial charge in [-0.15, -0.1) is 0 Å². The number of aromatic nitrogens is 1. The molecule has 1 heterocycles. The first-order valence-electron chi connectivity index (χ1n) is 7.47. The minimum atomic E-state index is -0.181. The fraction of sp³-hybridized carbons (Fsp3) is 0.688. The molecule has 106 valence electrons. The van der Waals surface area contributed by atoms with E-state index in [4.69, 9.17) is 0 Å². The Balaban J connectivity index is 2.19. The number of nitrogens with zero attached hydrogens (tertiary/aromatic N) is 1. The van der Waals surface area contributed by atoms with Crippen molar-refractivity contribution in [1.82, 2.24) is 10.3 Å². The molecular weight excluding hydrogens is 239 g/mol. The van der Waals surface area contributed by atoms with Gasteiger partial charge in [0.1, 0.15) is 5.82 Å². The van der Waals surface area contributed by atoms with Crippen molar-refractivity contribution in [3.8, 4) is 0 Å². The first-order chi connectivity index (χ1) is 9.13. The number of rotatable bonds is 4. The van der Waals surface area contributed by atoms with Crippen LogP contribution in [-0.2, 0) is 0 Å². The normalized spacial score (nSPS) is 29.2. The molecule has 19 heavy (non-hydrogen) atoms. The second-order valence-corrected chi connectivity index (χ2v) is 5.93. The monoisotopic (exact) mass is 264 g/mol. The number of pyridine rings is 1. The molecule has 1 aromatic rings. The van der Waals surface area contributed by atoms with Gasteiger partial charge in [-0.1, -0.05) is 27.2 Å². The minimum absolute atomic E-state index is 0.0566. The molecular formula is C16H25FN2. The van der Waals surface area contributed by atoms with Gasteiger partial charge in [0.05, 0.1) is 11.7 Å². The summed E-state index contributed by atoms with van der Waals surface area (Å²) in [7, 11) is 0. The fourth-order valence-corrected chi connectivity index (χ4v) is 3.23. The van der Waals surface area contributed by atoms with E-state index >= 15 is 0 Å². The fourth-order valence-electron chi connectivity index (χ4n) is 3.23. The molecule has 0 aromatic carbocycles. The summed E-state index contributed by atoms with van der Waals surface area (Å²) in [6, 6.07) is 3.23. The van der Waals surface area contributed by atoms with Crippen LogP contribution in [0.4, 0.5) is 4.39 Å². The van der Waals surface area contributed by atoms with Gasteiger partial charge in [-0.2, -0.15) is 0 Å². The Kier molecular flexibility index (Phi) is 4.92. The number of halogens is 1. The highest BCUT2D eigenvalue weighted by atomic mass is 19.1. The maximum atomic E-state index is 14.0. The minimum Gasteiger partial charge on any atom is -0.309 e. The van der Waals surface area contributed by atoms with Crippen molar-refractivity contribution >= 4 is 0 Å². The number of nitrogens with one attached hydrogen (secondary N) is 1. The Labute approximate surface area is 115 Å². The Morgan fingerprint density at radius 3 is 2.79 bits per heavy atom. The van der Waals surface area contributed by atoms with Crippen molar-refractivity contribution in [1.29, 1.82) is 0 Å². The summed E-state index contributed by atoms with van der Waals surface area (Å²) in [6.07, 6.45) is 5.26. The van der Waals surface area contributed by atoms with Crippen LogP contribution in [-0.4, -0.2) is 11.5 Å². The van der Waals surface area contributed by atoms with E-state index in [9.17, 15) is 4.39 Å². The van der Waals surface area contributed by atoms with Crippen molar-refractivity contribution in [3.05, 3.63) is 29.8 Å². The predicted molar refractivity (Wildman–Crippen MR) is 76.3 cm³/mol. The van der Waals surface area contributed by atoms with Crippen LogP contribution in [0.1, 0.15) is 51.8 Å². The van der Waals surface area contributed by atoms with Gasteiger partial charge in [0, 0.05) is 6.20 Å². The molecule has 1 aliphatic rings. The van der Waals surface area contributed by atoms with Crippen molar-refractivity contribution in [2.24, 2.45) is 17.8 Å². The Morgan fingerprint density at radius 1 is 1.37 bits per heavy atom. The molecule has 1 saturated carbocycles. The number of hydrogen-bond acceptors (Lipinski definition) is 2. The van der Waals surface area contributed by atoms with Gasteiger partial charge < -0.3 is 5.32 Å². The lowest BCUT2D eigenvalue weighted by Crippen LogP contribution is -2.34. The molecule has 4 atom stereocenters. The third kappa shape index (κ3) is 3.33. The van der Waals surface area contributed by atoms with E-state index in [1.165, 1.54) is 18.9 Å². The van der Waals surface area contributed by atoms with E-state index in [0.717, 1.165) is 18.9 Å². The van der Waals surface area contributed by atoms with Gasteiger partial charge in [-0.3, -0.25) is 4.98 Å². The SMILES string of the molecule is CCNC(c1ncccc1F)C1CCC(C)C(C)C1. The molecule has 0 spiro atoms. The average molecular weight is 264 g/mol. The van der Waals surface area contributed by atoms with Crippen molar-refractivity contribution in [2.45, 2.75) is 46.1 Å². The molecule has 0 amide bonds. The first kappa shape index (κ1) is 14.4. The largest absolute Gasteiger partial charge is 0.309 e. The smallest absolute Gasteiger partial charge is 0.146 e. The van der Waals surface area contributed by atoms with E-state index in [1.807, 2.05) is 0 Å². The molecule has 2 nitrogen and oxygen atoms in total. The average Bonchev–Trinajstić information content (AvgIpc) is 2.40. The van der Waals surface area contributed by atoms with Crippen LogP contribution in [0.15, 0.2) is 18.3 Å². The second-order valence-electron chi connectivity index (χ2n) is 5.93. The molecule has 0 bridgehead atoms. The molecule has 0 saturated heterocycles. The molecule has 1 fully saturated rings. The Bertz CT molecular complexity index is 407. The summed E-state index contributed by atoms with van der Waals surface area (Å²) in [6.45, 7) is 7.56. The zero-order chi connectivity index (χ0) is 13.8. The van der Waals surface area contributed by atoms with Crippen LogP contribution < -0.4 is 5.32 Å². The van der Waals surface area contributed by atoms with E-state index in [2.05, 4.69) is 31.1 Å². The summed E-state index contributed by atoms with van der Waals surface area (Å²) >= 11 is 0. The second kappa shape index (κ2) is 6.47. The Morgan fingerprint density at radius 2 is 2.16 bits per heavy atom. The van der Waals surface area contributed by atoms with Crippen LogP contribution in [0.2, 0.25) is 0 Å². The highest BCUT2D eigenvalue weighted by Crippen LogP contribution is 2.39. The first-order valence-corrected chi connectivity index (χ1v) is 7.47. The highest BCUT2D eigenvalue weighted by Gasteiger charge is 2.32. The summed E-state index contributed by atoms with van der Waals surface area (Å²) in [5.41, 5.74) is 0.594. The summed E-state index contributed by atoms with van der Waals surface area (Å²) in [4.78, 5) is 4.28. The van der Waals surface area contributed by atoms with Gasteiger partial charge in [0.25, 0.3) is 0 Å². The Hall–Kier alpha value is -0.960. The van der Waals surface area contributed by atoms with Crippen LogP contribution in [0.3, 0.4) is 0 Å². The zero-order valence-corrected chi connectivity index (χ0v) is 12.2.